The Bertz CT molecular complexity index is 1030. The van der Waals surface area contributed by atoms with Crippen molar-refractivity contribution in [3.63, 3.8) is 0 Å². The number of carbonyl (C=O) groups is 1. The number of hydrogen-bond donors (Lipinski definition) is 0. The molecule has 0 atom stereocenters. The average molecular weight is 434 g/mol. The van der Waals surface area contributed by atoms with Crippen molar-refractivity contribution < 1.29 is 14.3 Å². The normalized spacial score (nSPS) is 21.6. The summed E-state index contributed by atoms with van der Waals surface area (Å²) in [6, 6.07) is 14.1. The number of ether oxygens (including phenoxy) is 2. The van der Waals surface area contributed by atoms with Gasteiger partial charge in [0.1, 0.15) is 11.3 Å². The molecule has 6 nitrogen and oxygen atoms in total. The van der Waals surface area contributed by atoms with E-state index in [1.165, 1.54) is 25.7 Å². The molecule has 5 rings (SSSR count). The Labute approximate surface area is 189 Å². The molecule has 2 fully saturated rings. The molecule has 2 aromatic heterocycles. The van der Waals surface area contributed by atoms with Crippen LogP contribution in [-0.2, 0) is 11.3 Å². The monoisotopic (exact) mass is 433 g/mol. The fourth-order valence-electron chi connectivity index (χ4n) is 4.96. The van der Waals surface area contributed by atoms with Crippen LogP contribution >= 0.6 is 0 Å². The second-order valence-electron chi connectivity index (χ2n) is 8.98. The topological polar surface area (TPSA) is 56.6 Å². The van der Waals surface area contributed by atoms with Gasteiger partial charge in [-0.3, -0.25) is 9.78 Å². The Balaban J connectivity index is 1.22. The van der Waals surface area contributed by atoms with Gasteiger partial charge in [-0.2, -0.15) is 0 Å². The number of aromatic nitrogens is 2. The van der Waals surface area contributed by atoms with E-state index in [-0.39, 0.29) is 5.91 Å². The molecular formula is C26H31N3O3. The van der Waals surface area contributed by atoms with Crippen LogP contribution in [0, 0.1) is 11.8 Å². The maximum absolute atomic E-state index is 13.2. The quantitative estimate of drug-likeness (QED) is 0.578. The summed E-state index contributed by atoms with van der Waals surface area (Å²) >= 11 is 0. The Hall–Kier alpha value is -2.86. The van der Waals surface area contributed by atoms with Crippen LogP contribution in [0.2, 0.25) is 0 Å². The molecule has 2 aliphatic rings. The fourth-order valence-corrected chi connectivity index (χ4v) is 4.96. The highest BCUT2D eigenvalue weighted by Gasteiger charge is 2.26. The van der Waals surface area contributed by atoms with Crippen LogP contribution in [0.4, 0.5) is 0 Å². The van der Waals surface area contributed by atoms with Crippen molar-refractivity contribution in [2.24, 2.45) is 11.8 Å². The number of nitrogens with zero attached hydrogens (tertiary/aromatic N) is 3. The lowest BCUT2D eigenvalue weighted by atomic mass is 9.82. The average Bonchev–Trinajstić information content (AvgIpc) is 3.23. The Morgan fingerprint density at radius 1 is 1.00 bits per heavy atom. The van der Waals surface area contributed by atoms with Crippen LogP contribution in [0.1, 0.15) is 36.0 Å². The molecule has 0 N–H and O–H groups in total. The summed E-state index contributed by atoms with van der Waals surface area (Å²) in [5.41, 5.74) is 2.58. The molecule has 1 saturated heterocycles. The number of pyridine rings is 1. The second-order valence-corrected chi connectivity index (χ2v) is 8.98. The van der Waals surface area contributed by atoms with Gasteiger partial charge in [-0.1, -0.05) is 18.2 Å². The zero-order chi connectivity index (χ0) is 21.8. The van der Waals surface area contributed by atoms with Crippen molar-refractivity contribution in [1.82, 2.24) is 14.5 Å². The highest BCUT2D eigenvalue weighted by atomic mass is 16.5. The van der Waals surface area contributed by atoms with Crippen molar-refractivity contribution in [3.8, 4) is 5.75 Å². The molecule has 1 aliphatic carbocycles. The standard InChI is InChI=1S/C26H31N3O3/c30-26(28-13-15-31-16-14-28)23-18-29(24-7-4-12-27-25(23)24)17-20-8-10-21(11-9-20)19-32-22-5-2-1-3-6-22/h1-7,12,18,20-21H,8-11,13-17,19H2. The van der Waals surface area contributed by atoms with Crippen LogP contribution in [-0.4, -0.2) is 53.3 Å². The van der Waals surface area contributed by atoms with Crippen molar-refractivity contribution in [2.45, 2.75) is 32.2 Å². The molecule has 1 saturated carbocycles. The maximum atomic E-state index is 13.2. The second kappa shape index (κ2) is 9.74. The van der Waals surface area contributed by atoms with E-state index >= 15 is 0 Å². The Kier molecular flexibility index (Phi) is 6.39. The van der Waals surface area contributed by atoms with E-state index in [0.717, 1.165) is 29.9 Å². The van der Waals surface area contributed by atoms with Gasteiger partial charge in [0.25, 0.3) is 5.91 Å². The predicted octanol–water partition coefficient (Wildman–Crippen LogP) is 4.39. The first-order chi connectivity index (χ1) is 15.8. The van der Waals surface area contributed by atoms with Gasteiger partial charge in [-0.05, 0) is 61.8 Å². The lowest BCUT2D eigenvalue weighted by Gasteiger charge is -2.29. The number of rotatable bonds is 6. The number of fused-ring (bicyclic) bond motifs is 1. The maximum Gasteiger partial charge on any atom is 0.257 e. The fraction of sp³-hybridized carbons (Fsp3) is 0.462. The van der Waals surface area contributed by atoms with E-state index in [2.05, 4.69) is 15.6 Å². The minimum Gasteiger partial charge on any atom is -0.493 e. The van der Waals surface area contributed by atoms with Gasteiger partial charge < -0.3 is 18.9 Å². The van der Waals surface area contributed by atoms with E-state index in [4.69, 9.17) is 9.47 Å². The zero-order valence-electron chi connectivity index (χ0n) is 18.5. The van der Waals surface area contributed by atoms with Crippen LogP contribution in [0.15, 0.2) is 54.9 Å². The van der Waals surface area contributed by atoms with Gasteiger partial charge in [0.05, 0.1) is 30.9 Å². The summed E-state index contributed by atoms with van der Waals surface area (Å²) in [6.07, 6.45) is 8.56. The predicted molar refractivity (Wildman–Crippen MR) is 124 cm³/mol. The van der Waals surface area contributed by atoms with Crippen LogP contribution in [0.3, 0.4) is 0 Å². The smallest absolute Gasteiger partial charge is 0.257 e. The van der Waals surface area contributed by atoms with Crippen molar-refractivity contribution >= 4 is 16.9 Å². The van der Waals surface area contributed by atoms with Crippen molar-refractivity contribution in [2.75, 3.05) is 32.9 Å². The molecule has 0 spiro atoms. The Morgan fingerprint density at radius 2 is 1.75 bits per heavy atom. The molecule has 1 aromatic carbocycles. The molecule has 3 heterocycles. The lowest BCUT2D eigenvalue weighted by Crippen LogP contribution is -2.40. The summed E-state index contributed by atoms with van der Waals surface area (Å²) in [5, 5.41) is 0. The van der Waals surface area contributed by atoms with E-state index in [1.54, 1.807) is 6.20 Å². The number of carbonyl (C=O) groups excluding carboxylic acids is 1. The summed E-state index contributed by atoms with van der Waals surface area (Å²) < 4.78 is 13.6. The SMILES string of the molecule is O=C(c1cn(CC2CCC(COc3ccccc3)CC2)c2cccnc12)N1CCOCC1. The largest absolute Gasteiger partial charge is 0.493 e. The Morgan fingerprint density at radius 3 is 2.53 bits per heavy atom. The van der Waals surface area contributed by atoms with Gasteiger partial charge in [-0.15, -0.1) is 0 Å². The van der Waals surface area contributed by atoms with E-state index in [0.29, 0.717) is 43.7 Å². The van der Waals surface area contributed by atoms with Gasteiger partial charge in [0.2, 0.25) is 0 Å². The third kappa shape index (κ3) is 4.65. The summed E-state index contributed by atoms with van der Waals surface area (Å²) in [6.45, 7) is 4.24. The first-order valence-corrected chi connectivity index (χ1v) is 11.8. The van der Waals surface area contributed by atoms with Crippen molar-refractivity contribution in [3.05, 3.63) is 60.4 Å². The first-order valence-electron chi connectivity index (χ1n) is 11.8. The summed E-state index contributed by atoms with van der Waals surface area (Å²) in [4.78, 5) is 19.6. The van der Waals surface area contributed by atoms with Gasteiger partial charge in [0, 0.05) is 32.0 Å². The molecule has 32 heavy (non-hydrogen) atoms. The number of amides is 1. The highest BCUT2D eigenvalue weighted by Crippen LogP contribution is 2.32. The number of morpholine rings is 1. The molecule has 1 amide bonds. The zero-order valence-corrected chi connectivity index (χ0v) is 18.5. The van der Waals surface area contributed by atoms with Crippen molar-refractivity contribution in [1.29, 1.82) is 0 Å². The lowest BCUT2D eigenvalue weighted by molar-refractivity contribution is 0.0304. The summed E-state index contributed by atoms with van der Waals surface area (Å²) in [5.74, 6) is 2.26. The molecule has 0 unspecified atom stereocenters. The third-order valence-corrected chi connectivity index (χ3v) is 6.81. The number of para-hydroxylation sites is 1. The minimum absolute atomic E-state index is 0.0671. The van der Waals surface area contributed by atoms with Gasteiger partial charge >= 0.3 is 0 Å². The molecule has 168 valence electrons. The minimum atomic E-state index is 0.0671. The molecule has 0 radical (unpaired) electrons. The molecule has 6 heteroatoms. The van der Waals surface area contributed by atoms with E-state index in [1.807, 2.05) is 47.5 Å². The molecule has 3 aromatic rings. The first kappa shape index (κ1) is 21.0. The van der Waals surface area contributed by atoms with E-state index < -0.39 is 0 Å². The highest BCUT2D eigenvalue weighted by molar-refractivity contribution is 6.05. The van der Waals surface area contributed by atoms with Gasteiger partial charge in [0.15, 0.2) is 0 Å². The van der Waals surface area contributed by atoms with Crippen LogP contribution in [0.5, 0.6) is 5.75 Å². The van der Waals surface area contributed by atoms with Crippen LogP contribution < -0.4 is 4.74 Å². The number of benzene rings is 1. The number of hydrogen-bond acceptors (Lipinski definition) is 4. The van der Waals surface area contributed by atoms with Crippen LogP contribution in [0.25, 0.3) is 11.0 Å². The third-order valence-electron chi connectivity index (χ3n) is 6.81. The van der Waals surface area contributed by atoms with E-state index in [9.17, 15) is 4.79 Å². The molecule has 1 aliphatic heterocycles. The van der Waals surface area contributed by atoms with Gasteiger partial charge in [-0.25, -0.2) is 0 Å². The summed E-state index contributed by atoms with van der Waals surface area (Å²) in [7, 11) is 0. The molecule has 0 bridgehead atoms. The molecular weight excluding hydrogens is 402 g/mol.